The Balaban J connectivity index is 2.89. The number of nitrogens with zero attached hydrogens (tertiary/aromatic N) is 2. The summed E-state index contributed by atoms with van der Waals surface area (Å²) in [6.45, 7) is 2.86. The maximum Gasteiger partial charge on any atom is 0.154 e. The first-order valence-electron chi connectivity index (χ1n) is 4.85. The predicted octanol–water partition coefficient (Wildman–Crippen LogP) is 1.45. The van der Waals surface area contributed by atoms with Gasteiger partial charge in [0.1, 0.15) is 17.4 Å². The Labute approximate surface area is 109 Å². The molecule has 0 radical (unpaired) electrons. The van der Waals surface area contributed by atoms with E-state index in [9.17, 15) is 8.42 Å². The molecule has 0 spiro atoms. The van der Waals surface area contributed by atoms with Gasteiger partial charge in [0.15, 0.2) is 9.84 Å². The highest BCUT2D eigenvalue weighted by Gasteiger charge is 2.09. The van der Waals surface area contributed by atoms with E-state index >= 15 is 0 Å². The maximum atomic E-state index is 11.1. The summed E-state index contributed by atoms with van der Waals surface area (Å²) in [7, 11) is -3.08. The van der Waals surface area contributed by atoms with Crippen LogP contribution in [-0.2, 0) is 15.6 Å². The maximum absolute atomic E-state index is 11.1. The number of sulfone groups is 1. The third kappa shape index (κ3) is 4.60. The zero-order valence-corrected chi connectivity index (χ0v) is 12.2. The van der Waals surface area contributed by atoms with Crippen molar-refractivity contribution in [2.45, 2.75) is 19.1 Å². The van der Waals surface area contributed by atoms with Crippen LogP contribution >= 0.6 is 22.6 Å². The number of rotatable bonds is 5. The van der Waals surface area contributed by atoms with Gasteiger partial charge in [0, 0.05) is 19.0 Å². The van der Waals surface area contributed by atoms with Crippen LogP contribution < -0.4 is 5.32 Å². The van der Waals surface area contributed by atoms with E-state index in [2.05, 4.69) is 44.8 Å². The minimum absolute atomic E-state index is 0.120. The summed E-state index contributed by atoms with van der Waals surface area (Å²) in [5, 5.41) is 3.14. The molecule has 0 saturated heterocycles. The predicted molar refractivity (Wildman–Crippen MR) is 72.1 cm³/mol. The van der Waals surface area contributed by atoms with Crippen LogP contribution in [-0.4, -0.2) is 31.2 Å². The van der Waals surface area contributed by atoms with Crippen LogP contribution in [0.3, 0.4) is 0 Å². The van der Waals surface area contributed by atoms with Gasteiger partial charge < -0.3 is 5.32 Å². The SMILES string of the molecule is CCCNc1nc(CS(C)(=O)=O)ncc1I. The van der Waals surface area contributed by atoms with E-state index in [4.69, 9.17) is 0 Å². The molecular weight excluding hydrogens is 341 g/mol. The van der Waals surface area contributed by atoms with Gasteiger partial charge in [-0.2, -0.15) is 0 Å². The first kappa shape index (κ1) is 13.6. The fraction of sp³-hybridized carbons (Fsp3) is 0.556. The molecule has 0 amide bonds. The van der Waals surface area contributed by atoms with Gasteiger partial charge in [-0.05, 0) is 29.0 Å². The number of nitrogens with one attached hydrogen (secondary N) is 1. The summed E-state index contributed by atoms with van der Waals surface area (Å²) in [6, 6.07) is 0. The first-order chi connectivity index (χ1) is 7.42. The lowest BCUT2D eigenvalue weighted by Crippen LogP contribution is -2.10. The van der Waals surface area contributed by atoms with E-state index in [-0.39, 0.29) is 5.75 Å². The van der Waals surface area contributed by atoms with E-state index in [0.717, 1.165) is 16.5 Å². The molecule has 0 unspecified atom stereocenters. The lowest BCUT2D eigenvalue weighted by molar-refractivity contribution is 0.599. The van der Waals surface area contributed by atoms with Gasteiger partial charge in [0.05, 0.1) is 3.57 Å². The van der Waals surface area contributed by atoms with E-state index in [1.54, 1.807) is 6.20 Å². The highest BCUT2D eigenvalue weighted by molar-refractivity contribution is 14.1. The minimum atomic E-state index is -3.08. The molecule has 1 aromatic rings. The van der Waals surface area contributed by atoms with Crippen LogP contribution in [0.1, 0.15) is 19.2 Å². The molecule has 7 heteroatoms. The summed E-state index contributed by atoms with van der Waals surface area (Å²) >= 11 is 2.12. The summed E-state index contributed by atoms with van der Waals surface area (Å²) in [5.74, 6) is 0.919. The molecule has 1 rings (SSSR count). The molecule has 1 aromatic heterocycles. The van der Waals surface area contributed by atoms with Crippen molar-refractivity contribution in [1.29, 1.82) is 0 Å². The van der Waals surface area contributed by atoms with E-state index in [1.165, 1.54) is 6.26 Å². The molecular formula is C9H14IN3O2S. The van der Waals surface area contributed by atoms with Crippen LogP contribution in [0.4, 0.5) is 5.82 Å². The van der Waals surface area contributed by atoms with Crippen molar-refractivity contribution in [1.82, 2.24) is 9.97 Å². The van der Waals surface area contributed by atoms with Gasteiger partial charge in [0.2, 0.25) is 0 Å². The topological polar surface area (TPSA) is 72.0 Å². The van der Waals surface area contributed by atoms with Gasteiger partial charge in [-0.3, -0.25) is 0 Å². The first-order valence-corrected chi connectivity index (χ1v) is 7.99. The summed E-state index contributed by atoms with van der Waals surface area (Å²) in [4.78, 5) is 8.18. The third-order valence-corrected chi connectivity index (χ3v) is 3.30. The molecule has 0 bridgehead atoms. The molecule has 1 N–H and O–H groups in total. The third-order valence-electron chi connectivity index (χ3n) is 1.73. The normalized spacial score (nSPS) is 11.4. The van der Waals surface area contributed by atoms with Crippen LogP contribution in [0.5, 0.6) is 0 Å². The number of halogens is 1. The number of aromatic nitrogens is 2. The second kappa shape index (κ2) is 5.76. The Morgan fingerprint density at radius 1 is 1.50 bits per heavy atom. The van der Waals surface area contributed by atoms with Crippen molar-refractivity contribution in [2.24, 2.45) is 0 Å². The van der Waals surface area contributed by atoms with Crippen LogP contribution in [0, 0.1) is 3.57 Å². The Morgan fingerprint density at radius 3 is 2.75 bits per heavy atom. The molecule has 0 atom stereocenters. The molecule has 1 heterocycles. The number of hydrogen-bond acceptors (Lipinski definition) is 5. The van der Waals surface area contributed by atoms with Crippen molar-refractivity contribution in [3.8, 4) is 0 Å². The molecule has 0 aliphatic heterocycles. The highest BCUT2D eigenvalue weighted by atomic mass is 127. The molecule has 0 fully saturated rings. The molecule has 0 aliphatic carbocycles. The van der Waals surface area contributed by atoms with Crippen molar-refractivity contribution in [2.75, 3.05) is 18.1 Å². The molecule has 0 aromatic carbocycles. The second-order valence-electron chi connectivity index (χ2n) is 3.48. The zero-order chi connectivity index (χ0) is 12.2. The molecule has 90 valence electrons. The zero-order valence-electron chi connectivity index (χ0n) is 9.20. The van der Waals surface area contributed by atoms with Gasteiger partial charge in [0.25, 0.3) is 0 Å². The van der Waals surface area contributed by atoms with Crippen molar-refractivity contribution in [3.63, 3.8) is 0 Å². The smallest absolute Gasteiger partial charge is 0.154 e. The minimum Gasteiger partial charge on any atom is -0.369 e. The monoisotopic (exact) mass is 355 g/mol. The average molecular weight is 355 g/mol. The summed E-state index contributed by atoms with van der Waals surface area (Å²) in [6.07, 6.45) is 3.79. The van der Waals surface area contributed by atoms with Crippen molar-refractivity contribution in [3.05, 3.63) is 15.6 Å². The molecule has 0 saturated carbocycles. The standard InChI is InChI=1S/C9H14IN3O2S/c1-3-4-11-9-7(10)5-12-8(13-9)6-16(2,14)15/h5H,3-4,6H2,1-2H3,(H,11,12,13). The van der Waals surface area contributed by atoms with Gasteiger partial charge >= 0.3 is 0 Å². The Hall–Kier alpha value is -0.440. The summed E-state index contributed by atoms with van der Waals surface area (Å²) in [5.41, 5.74) is 0. The fourth-order valence-electron chi connectivity index (χ4n) is 1.08. The van der Waals surface area contributed by atoms with E-state index in [1.807, 2.05) is 0 Å². The largest absolute Gasteiger partial charge is 0.369 e. The summed E-state index contributed by atoms with van der Waals surface area (Å²) < 4.78 is 23.1. The Bertz CT molecular complexity index is 462. The van der Waals surface area contributed by atoms with Gasteiger partial charge in [-0.1, -0.05) is 6.92 Å². The highest BCUT2D eigenvalue weighted by Crippen LogP contribution is 2.14. The quantitative estimate of drug-likeness (QED) is 0.810. The second-order valence-corrected chi connectivity index (χ2v) is 6.78. The Kier molecular flexibility index (Phi) is 4.90. The lowest BCUT2D eigenvalue weighted by atomic mass is 10.4. The Morgan fingerprint density at radius 2 is 2.19 bits per heavy atom. The van der Waals surface area contributed by atoms with Crippen molar-refractivity contribution >= 4 is 38.2 Å². The molecule has 16 heavy (non-hydrogen) atoms. The number of anilines is 1. The van der Waals surface area contributed by atoms with Crippen LogP contribution in [0.25, 0.3) is 0 Å². The molecule has 0 aliphatic rings. The van der Waals surface area contributed by atoms with Crippen LogP contribution in [0.15, 0.2) is 6.20 Å². The van der Waals surface area contributed by atoms with E-state index < -0.39 is 9.84 Å². The van der Waals surface area contributed by atoms with Gasteiger partial charge in [-0.25, -0.2) is 18.4 Å². The molecule has 5 nitrogen and oxygen atoms in total. The number of hydrogen-bond donors (Lipinski definition) is 1. The average Bonchev–Trinajstić information content (AvgIpc) is 2.17. The van der Waals surface area contributed by atoms with E-state index in [0.29, 0.717) is 11.6 Å². The van der Waals surface area contributed by atoms with Crippen LogP contribution in [0.2, 0.25) is 0 Å². The van der Waals surface area contributed by atoms with Crippen molar-refractivity contribution < 1.29 is 8.42 Å². The van der Waals surface area contributed by atoms with Gasteiger partial charge in [-0.15, -0.1) is 0 Å². The fourth-order valence-corrected chi connectivity index (χ4v) is 2.13. The lowest BCUT2D eigenvalue weighted by Gasteiger charge is -2.07.